The highest BCUT2D eigenvalue weighted by atomic mass is 19.4. The number of halogens is 3. The molecule has 0 radical (unpaired) electrons. The molecule has 0 spiro atoms. The molecule has 0 aliphatic carbocycles. The fraction of sp³-hybridized carbons (Fsp3) is 0.632. The first-order chi connectivity index (χ1) is 12.8. The van der Waals surface area contributed by atoms with Crippen molar-refractivity contribution in [2.45, 2.75) is 50.6 Å². The minimum atomic E-state index is -5.17. The van der Waals surface area contributed by atoms with Gasteiger partial charge in [-0.15, -0.1) is 0 Å². The Morgan fingerprint density at radius 2 is 2.07 bits per heavy atom. The number of aliphatic hydroxyl groups is 1. The predicted octanol–water partition coefficient (Wildman–Crippen LogP) is 3.05. The zero-order valence-corrected chi connectivity index (χ0v) is 15.2. The number of hydrogen-bond acceptors (Lipinski definition) is 5. The summed E-state index contributed by atoms with van der Waals surface area (Å²) in [5.74, 6) is -3.14. The van der Waals surface area contributed by atoms with Gasteiger partial charge in [-0.3, -0.25) is 0 Å². The van der Waals surface area contributed by atoms with Gasteiger partial charge in [0.05, 0.1) is 12.5 Å². The Labute approximate surface area is 156 Å². The minimum absolute atomic E-state index is 0.0335. The van der Waals surface area contributed by atoms with Crippen molar-refractivity contribution in [3.63, 3.8) is 0 Å². The quantitative estimate of drug-likeness (QED) is 0.805. The largest absolute Gasteiger partial charge is 0.464 e. The molecule has 2 aliphatic rings. The SMILES string of the molecule is CCOC(=O)[C@@](O)([C@@H]1CCO[C@H]1N1CCCCc2ccccc21)C(F)(F)F. The minimum Gasteiger partial charge on any atom is -0.464 e. The van der Waals surface area contributed by atoms with Crippen LogP contribution < -0.4 is 4.90 Å². The zero-order valence-electron chi connectivity index (χ0n) is 15.2. The smallest absolute Gasteiger partial charge is 0.428 e. The molecule has 8 heteroatoms. The standard InChI is InChI=1S/C19H24F3NO4/c1-2-26-17(24)18(25,19(20,21)22)14-10-12-27-16(14)23-11-6-5-8-13-7-3-4-9-15(13)23/h3-4,7,9,14,16,25H,2,5-6,8,10-12H2,1H3/t14-,16-,18+/m1/s1. The molecule has 5 nitrogen and oxygen atoms in total. The number of rotatable bonds is 4. The highest BCUT2D eigenvalue weighted by Crippen LogP contribution is 2.45. The van der Waals surface area contributed by atoms with E-state index in [0.717, 1.165) is 30.5 Å². The number of para-hydroxylation sites is 1. The normalized spacial score (nSPS) is 25.4. The molecule has 27 heavy (non-hydrogen) atoms. The lowest BCUT2D eigenvalue weighted by molar-refractivity contribution is -0.282. The van der Waals surface area contributed by atoms with E-state index in [1.807, 2.05) is 24.3 Å². The van der Waals surface area contributed by atoms with Crippen LogP contribution in [-0.2, 0) is 20.7 Å². The number of anilines is 1. The maximum Gasteiger partial charge on any atom is 0.428 e. The molecule has 0 saturated carbocycles. The number of carbonyl (C=O) groups excluding carboxylic acids is 1. The summed E-state index contributed by atoms with van der Waals surface area (Å²) < 4.78 is 51.7. The summed E-state index contributed by atoms with van der Waals surface area (Å²) in [7, 11) is 0. The van der Waals surface area contributed by atoms with Gasteiger partial charge in [0.1, 0.15) is 6.23 Å². The molecule has 0 bridgehead atoms. The van der Waals surface area contributed by atoms with Gasteiger partial charge in [-0.1, -0.05) is 18.2 Å². The Morgan fingerprint density at radius 1 is 1.33 bits per heavy atom. The molecule has 1 fully saturated rings. The van der Waals surface area contributed by atoms with Gasteiger partial charge in [0.15, 0.2) is 0 Å². The Bertz CT molecular complexity index is 681. The second-order valence-electron chi connectivity index (χ2n) is 6.92. The van der Waals surface area contributed by atoms with Crippen LogP contribution in [0.2, 0.25) is 0 Å². The molecule has 0 amide bonds. The fourth-order valence-electron chi connectivity index (χ4n) is 4.00. The van der Waals surface area contributed by atoms with Crippen LogP contribution in [0.3, 0.4) is 0 Å². The molecule has 1 aromatic carbocycles. The molecule has 2 heterocycles. The third-order valence-electron chi connectivity index (χ3n) is 5.32. The number of alkyl halides is 3. The first-order valence-electron chi connectivity index (χ1n) is 9.23. The number of aryl methyl sites for hydroxylation is 1. The molecule has 150 valence electrons. The lowest BCUT2D eigenvalue weighted by Crippen LogP contribution is -2.62. The molecule has 0 aromatic heterocycles. The third-order valence-corrected chi connectivity index (χ3v) is 5.32. The molecule has 1 saturated heterocycles. The van der Waals surface area contributed by atoms with Crippen LogP contribution in [0.1, 0.15) is 31.7 Å². The van der Waals surface area contributed by atoms with E-state index in [4.69, 9.17) is 4.74 Å². The average Bonchev–Trinajstić information content (AvgIpc) is 3.01. The number of benzene rings is 1. The van der Waals surface area contributed by atoms with Crippen molar-refractivity contribution in [1.29, 1.82) is 0 Å². The average molecular weight is 387 g/mol. The summed E-state index contributed by atoms with van der Waals surface area (Å²) in [4.78, 5) is 13.9. The van der Waals surface area contributed by atoms with Crippen LogP contribution in [0.4, 0.5) is 18.9 Å². The number of fused-ring (bicyclic) bond motifs is 1. The maximum atomic E-state index is 13.8. The number of esters is 1. The summed E-state index contributed by atoms with van der Waals surface area (Å²) in [6.07, 6.45) is -3.79. The molecule has 1 N–H and O–H groups in total. The lowest BCUT2D eigenvalue weighted by Gasteiger charge is -2.40. The summed E-state index contributed by atoms with van der Waals surface area (Å²) in [5, 5.41) is 10.6. The van der Waals surface area contributed by atoms with Crippen LogP contribution >= 0.6 is 0 Å². The van der Waals surface area contributed by atoms with Crippen molar-refractivity contribution in [3.8, 4) is 0 Å². The third kappa shape index (κ3) is 3.52. The van der Waals surface area contributed by atoms with Crippen LogP contribution in [0, 0.1) is 5.92 Å². The van der Waals surface area contributed by atoms with E-state index in [1.165, 1.54) is 6.92 Å². The van der Waals surface area contributed by atoms with E-state index >= 15 is 0 Å². The lowest BCUT2D eigenvalue weighted by atomic mass is 9.83. The molecule has 3 atom stereocenters. The topological polar surface area (TPSA) is 59.0 Å². The van der Waals surface area contributed by atoms with Gasteiger partial charge in [0.25, 0.3) is 5.60 Å². The fourth-order valence-corrected chi connectivity index (χ4v) is 4.00. The molecule has 3 rings (SSSR count). The van der Waals surface area contributed by atoms with Crippen LogP contribution in [0.15, 0.2) is 24.3 Å². The van der Waals surface area contributed by atoms with Gasteiger partial charge < -0.3 is 19.5 Å². The van der Waals surface area contributed by atoms with Gasteiger partial charge >= 0.3 is 12.1 Å². The monoisotopic (exact) mass is 387 g/mol. The Balaban J connectivity index is 2.00. The second kappa shape index (κ2) is 7.67. The molecule has 0 unspecified atom stereocenters. The highest BCUT2D eigenvalue weighted by Gasteiger charge is 2.68. The molecular formula is C19H24F3NO4. The predicted molar refractivity (Wildman–Crippen MR) is 92.2 cm³/mol. The van der Waals surface area contributed by atoms with Gasteiger partial charge in [0, 0.05) is 18.8 Å². The van der Waals surface area contributed by atoms with E-state index in [1.54, 1.807) is 4.90 Å². The van der Waals surface area contributed by atoms with E-state index in [-0.39, 0.29) is 19.6 Å². The van der Waals surface area contributed by atoms with Crippen molar-refractivity contribution in [3.05, 3.63) is 29.8 Å². The Kier molecular flexibility index (Phi) is 5.67. The number of carbonyl (C=O) groups is 1. The molecular weight excluding hydrogens is 363 g/mol. The van der Waals surface area contributed by atoms with Crippen molar-refractivity contribution in [2.24, 2.45) is 5.92 Å². The summed E-state index contributed by atoms with van der Waals surface area (Å²) >= 11 is 0. The number of ether oxygens (including phenoxy) is 2. The van der Waals surface area contributed by atoms with Gasteiger partial charge in [-0.25, -0.2) is 4.79 Å². The van der Waals surface area contributed by atoms with Crippen molar-refractivity contribution >= 4 is 11.7 Å². The van der Waals surface area contributed by atoms with Crippen LogP contribution in [0.5, 0.6) is 0 Å². The van der Waals surface area contributed by atoms with Crippen molar-refractivity contribution in [2.75, 3.05) is 24.7 Å². The van der Waals surface area contributed by atoms with E-state index in [0.29, 0.717) is 6.54 Å². The van der Waals surface area contributed by atoms with Crippen LogP contribution in [-0.4, -0.2) is 48.8 Å². The Hall–Kier alpha value is -1.80. The van der Waals surface area contributed by atoms with E-state index < -0.39 is 29.9 Å². The van der Waals surface area contributed by atoms with Gasteiger partial charge in [0.2, 0.25) is 0 Å². The van der Waals surface area contributed by atoms with Gasteiger partial charge in [-0.05, 0) is 44.2 Å². The van der Waals surface area contributed by atoms with Gasteiger partial charge in [-0.2, -0.15) is 13.2 Å². The first-order valence-corrected chi connectivity index (χ1v) is 9.23. The van der Waals surface area contributed by atoms with E-state index in [9.17, 15) is 23.1 Å². The number of hydrogen-bond donors (Lipinski definition) is 1. The molecule has 1 aromatic rings. The summed E-state index contributed by atoms with van der Waals surface area (Å²) in [5.41, 5.74) is -1.79. The van der Waals surface area contributed by atoms with Crippen molar-refractivity contribution in [1.82, 2.24) is 0 Å². The molecule has 2 aliphatic heterocycles. The van der Waals surface area contributed by atoms with Crippen molar-refractivity contribution < 1.29 is 32.5 Å². The second-order valence-corrected chi connectivity index (χ2v) is 6.92. The Morgan fingerprint density at radius 3 is 2.78 bits per heavy atom. The maximum absolute atomic E-state index is 13.8. The highest BCUT2D eigenvalue weighted by molar-refractivity contribution is 5.81. The first kappa shape index (κ1) is 19.9. The van der Waals surface area contributed by atoms with E-state index in [2.05, 4.69) is 4.74 Å². The van der Waals surface area contributed by atoms with Crippen LogP contribution in [0.25, 0.3) is 0 Å². The zero-order chi connectivity index (χ0) is 19.7. The summed E-state index contributed by atoms with van der Waals surface area (Å²) in [6.45, 7) is 1.69. The number of nitrogens with zero attached hydrogens (tertiary/aromatic N) is 1. The summed E-state index contributed by atoms with van der Waals surface area (Å²) in [6, 6.07) is 7.50.